The van der Waals surface area contributed by atoms with E-state index in [1.165, 1.54) is 11.1 Å². The van der Waals surface area contributed by atoms with Crippen LogP contribution in [0.25, 0.3) is 6.08 Å². The highest BCUT2D eigenvalue weighted by Crippen LogP contribution is 2.24. The van der Waals surface area contributed by atoms with Crippen LogP contribution in [0, 0.1) is 6.92 Å². The second-order valence-corrected chi connectivity index (χ2v) is 3.42. The van der Waals surface area contributed by atoms with Gasteiger partial charge in [-0.1, -0.05) is 29.8 Å². The first-order chi connectivity index (χ1) is 6.15. The number of ether oxygens (including phenoxy) is 1. The normalized spacial score (nSPS) is 9.54. The van der Waals surface area contributed by atoms with Crippen LogP contribution < -0.4 is 4.74 Å². The van der Waals surface area contributed by atoms with Crippen molar-refractivity contribution in [2.24, 2.45) is 0 Å². The van der Waals surface area contributed by atoms with Gasteiger partial charge < -0.3 is 4.74 Å². The lowest BCUT2D eigenvalue weighted by Crippen LogP contribution is -1.90. The van der Waals surface area contributed by atoms with Gasteiger partial charge in [-0.2, -0.15) is 0 Å². The fourth-order valence-corrected chi connectivity index (χ4v) is 1.38. The monoisotopic (exact) mass is 176 g/mol. The number of allylic oxidation sites excluding steroid dienone is 1. The molecule has 1 heteroatoms. The van der Waals surface area contributed by atoms with Crippen LogP contribution in [0.3, 0.4) is 0 Å². The molecule has 0 fully saturated rings. The molecule has 0 atom stereocenters. The van der Waals surface area contributed by atoms with Crippen molar-refractivity contribution in [3.05, 3.63) is 34.9 Å². The summed E-state index contributed by atoms with van der Waals surface area (Å²) in [7, 11) is 1.71. The molecule has 0 saturated heterocycles. The van der Waals surface area contributed by atoms with Gasteiger partial charge in [-0.25, -0.2) is 0 Å². The van der Waals surface area contributed by atoms with Crippen molar-refractivity contribution in [3.63, 3.8) is 0 Å². The number of hydrogen-bond acceptors (Lipinski definition) is 1. The van der Waals surface area contributed by atoms with Gasteiger partial charge in [0.05, 0.1) is 7.11 Å². The molecule has 1 aromatic rings. The molecule has 0 spiro atoms. The molecule has 1 nitrogen and oxygen atoms in total. The van der Waals surface area contributed by atoms with Crippen molar-refractivity contribution in [1.29, 1.82) is 0 Å². The molecule has 1 rings (SSSR count). The van der Waals surface area contributed by atoms with Gasteiger partial charge in [-0.05, 0) is 26.3 Å². The summed E-state index contributed by atoms with van der Waals surface area (Å²) >= 11 is 0. The average Bonchev–Trinajstić information content (AvgIpc) is 2.03. The van der Waals surface area contributed by atoms with E-state index in [0.29, 0.717) is 0 Å². The smallest absolute Gasteiger partial charge is 0.128 e. The molecule has 1 aromatic carbocycles. The summed E-state index contributed by atoms with van der Waals surface area (Å²) < 4.78 is 5.33. The van der Waals surface area contributed by atoms with E-state index in [4.69, 9.17) is 4.74 Å². The van der Waals surface area contributed by atoms with Crippen molar-refractivity contribution in [3.8, 4) is 5.75 Å². The highest BCUT2D eigenvalue weighted by molar-refractivity contribution is 5.61. The van der Waals surface area contributed by atoms with E-state index < -0.39 is 0 Å². The average molecular weight is 176 g/mol. The summed E-state index contributed by atoms with van der Waals surface area (Å²) in [4.78, 5) is 0. The van der Waals surface area contributed by atoms with E-state index in [1.807, 2.05) is 6.07 Å². The predicted molar refractivity (Wildman–Crippen MR) is 57.1 cm³/mol. The molecule has 0 unspecified atom stereocenters. The van der Waals surface area contributed by atoms with Crippen LogP contribution in [0.1, 0.15) is 25.0 Å². The van der Waals surface area contributed by atoms with Gasteiger partial charge in [-0.15, -0.1) is 0 Å². The van der Waals surface area contributed by atoms with Gasteiger partial charge in [0, 0.05) is 5.56 Å². The summed E-state index contributed by atoms with van der Waals surface area (Å²) in [5, 5.41) is 0. The lowest BCUT2D eigenvalue weighted by molar-refractivity contribution is 0.410. The van der Waals surface area contributed by atoms with Gasteiger partial charge in [0.2, 0.25) is 0 Å². The molecule has 0 aliphatic carbocycles. The van der Waals surface area contributed by atoms with Gasteiger partial charge in [-0.3, -0.25) is 0 Å². The molecule has 0 bridgehead atoms. The molecule has 0 saturated carbocycles. The topological polar surface area (TPSA) is 9.23 Å². The molecule has 0 aliphatic heterocycles. The van der Waals surface area contributed by atoms with Gasteiger partial charge >= 0.3 is 0 Å². The van der Waals surface area contributed by atoms with Crippen molar-refractivity contribution in [2.75, 3.05) is 7.11 Å². The number of aryl methyl sites for hydroxylation is 1. The summed E-state index contributed by atoms with van der Waals surface area (Å²) in [6.07, 6.45) is 2.13. The molecule has 0 aliphatic rings. The Balaban J connectivity index is 3.20. The minimum Gasteiger partial charge on any atom is -0.496 e. The first kappa shape index (κ1) is 9.85. The van der Waals surface area contributed by atoms with E-state index in [0.717, 1.165) is 11.3 Å². The van der Waals surface area contributed by atoms with E-state index in [2.05, 4.69) is 39.0 Å². The SMILES string of the molecule is COc1c(C)cccc1C=C(C)C. The lowest BCUT2D eigenvalue weighted by Gasteiger charge is -2.08. The maximum Gasteiger partial charge on any atom is 0.128 e. The predicted octanol–water partition coefficient (Wildman–Crippen LogP) is 3.43. The Morgan fingerprint density at radius 2 is 2.00 bits per heavy atom. The minimum absolute atomic E-state index is 0.976. The van der Waals surface area contributed by atoms with E-state index in [9.17, 15) is 0 Å². The number of benzene rings is 1. The van der Waals surface area contributed by atoms with Crippen molar-refractivity contribution in [2.45, 2.75) is 20.8 Å². The molecular formula is C12H16O. The molecule has 0 aromatic heterocycles. The summed E-state index contributed by atoms with van der Waals surface area (Å²) in [6, 6.07) is 6.17. The van der Waals surface area contributed by atoms with Crippen LogP contribution in [0.15, 0.2) is 23.8 Å². The largest absolute Gasteiger partial charge is 0.496 e. The van der Waals surface area contributed by atoms with Gasteiger partial charge in [0.1, 0.15) is 5.75 Å². The van der Waals surface area contributed by atoms with E-state index in [-0.39, 0.29) is 0 Å². The zero-order valence-electron chi connectivity index (χ0n) is 8.72. The fraction of sp³-hybridized carbons (Fsp3) is 0.333. The van der Waals surface area contributed by atoms with Crippen LogP contribution in [0.5, 0.6) is 5.75 Å². The molecule has 0 heterocycles. The molecular weight excluding hydrogens is 160 g/mol. The van der Waals surface area contributed by atoms with Crippen LogP contribution in [0.2, 0.25) is 0 Å². The Morgan fingerprint density at radius 1 is 1.31 bits per heavy atom. The lowest BCUT2D eigenvalue weighted by atomic mass is 10.1. The Morgan fingerprint density at radius 3 is 2.54 bits per heavy atom. The van der Waals surface area contributed by atoms with Crippen LogP contribution in [-0.4, -0.2) is 7.11 Å². The molecule has 13 heavy (non-hydrogen) atoms. The maximum absolute atomic E-state index is 5.33. The number of hydrogen-bond donors (Lipinski definition) is 0. The quantitative estimate of drug-likeness (QED) is 0.670. The summed E-state index contributed by atoms with van der Waals surface area (Å²) in [6.45, 7) is 6.23. The second-order valence-electron chi connectivity index (χ2n) is 3.42. The van der Waals surface area contributed by atoms with Crippen molar-refractivity contribution < 1.29 is 4.74 Å². The Labute approximate surface area is 80.0 Å². The number of para-hydroxylation sites is 1. The molecule has 70 valence electrons. The van der Waals surface area contributed by atoms with Crippen LogP contribution in [-0.2, 0) is 0 Å². The number of rotatable bonds is 2. The zero-order chi connectivity index (χ0) is 9.84. The van der Waals surface area contributed by atoms with Crippen LogP contribution in [0.4, 0.5) is 0 Å². The first-order valence-electron chi connectivity index (χ1n) is 4.43. The molecule has 0 amide bonds. The van der Waals surface area contributed by atoms with Crippen molar-refractivity contribution >= 4 is 6.08 Å². The molecule has 0 radical (unpaired) electrons. The fourth-order valence-electron chi connectivity index (χ4n) is 1.38. The zero-order valence-corrected chi connectivity index (χ0v) is 8.72. The maximum atomic E-state index is 5.33. The third kappa shape index (κ3) is 2.35. The second kappa shape index (κ2) is 4.13. The first-order valence-corrected chi connectivity index (χ1v) is 4.43. The number of methoxy groups -OCH3 is 1. The van der Waals surface area contributed by atoms with Crippen LogP contribution >= 0.6 is 0 Å². The van der Waals surface area contributed by atoms with Gasteiger partial charge in [0.15, 0.2) is 0 Å². The Hall–Kier alpha value is -1.24. The van der Waals surface area contributed by atoms with Crippen molar-refractivity contribution in [1.82, 2.24) is 0 Å². The Kier molecular flexibility index (Phi) is 3.13. The third-order valence-electron chi connectivity index (χ3n) is 1.89. The highest BCUT2D eigenvalue weighted by Gasteiger charge is 2.01. The standard InChI is InChI=1S/C12H16O/c1-9(2)8-11-7-5-6-10(3)12(11)13-4/h5-8H,1-4H3. The highest BCUT2D eigenvalue weighted by atomic mass is 16.5. The van der Waals surface area contributed by atoms with E-state index in [1.54, 1.807) is 7.11 Å². The summed E-state index contributed by atoms with van der Waals surface area (Å²) in [5.74, 6) is 0.976. The molecule has 0 N–H and O–H groups in total. The van der Waals surface area contributed by atoms with Gasteiger partial charge in [0.25, 0.3) is 0 Å². The third-order valence-corrected chi connectivity index (χ3v) is 1.89. The minimum atomic E-state index is 0.976. The van der Waals surface area contributed by atoms with E-state index >= 15 is 0 Å². The summed E-state index contributed by atoms with van der Waals surface area (Å²) in [5.41, 5.74) is 3.61. The Bertz CT molecular complexity index is 320.